The first-order valence-corrected chi connectivity index (χ1v) is 11.3. The number of hydrogen-bond donors (Lipinski definition) is 1. The number of sulfone groups is 1. The van der Waals surface area contributed by atoms with Gasteiger partial charge in [0.15, 0.2) is 14.6 Å². The minimum Gasteiger partial charge on any atom is -0.340 e. The zero-order chi connectivity index (χ0) is 18.4. The van der Waals surface area contributed by atoms with E-state index >= 15 is 0 Å². The number of nitrogens with one attached hydrogen (secondary N) is 1. The van der Waals surface area contributed by atoms with Gasteiger partial charge in [-0.05, 0) is 56.4 Å². The molecule has 2 saturated heterocycles. The van der Waals surface area contributed by atoms with Gasteiger partial charge in [0.1, 0.15) is 0 Å². The summed E-state index contributed by atoms with van der Waals surface area (Å²) in [7, 11) is -3.76. The summed E-state index contributed by atoms with van der Waals surface area (Å²) in [6.45, 7) is 1.26. The van der Waals surface area contributed by atoms with Crippen LogP contribution in [-0.2, 0) is 14.6 Å². The fourth-order valence-electron chi connectivity index (χ4n) is 4.80. The van der Waals surface area contributed by atoms with E-state index in [-0.39, 0.29) is 23.2 Å². The molecule has 1 aromatic carbocycles. The van der Waals surface area contributed by atoms with E-state index in [0.29, 0.717) is 43.0 Å². The number of carbonyl (C=O) groups excluding carboxylic acids is 1. The third-order valence-electron chi connectivity index (χ3n) is 6.25. The van der Waals surface area contributed by atoms with Crippen LogP contribution < -0.4 is 5.32 Å². The molecule has 5 nitrogen and oxygen atoms in total. The Morgan fingerprint density at radius 1 is 1.07 bits per heavy atom. The van der Waals surface area contributed by atoms with E-state index in [9.17, 15) is 13.2 Å². The van der Waals surface area contributed by atoms with Crippen molar-refractivity contribution in [2.24, 2.45) is 0 Å². The van der Waals surface area contributed by atoms with Gasteiger partial charge in [-0.1, -0.05) is 24.4 Å². The zero-order valence-electron chi connectivity index (χ0n) is 15.2. The van der Waals surface area contributed by atoms with Crippen LogP contribution in [0.1, 0.15) is 44.9 Å². The van der Waals surface area contributed by atoms with Crippen molar-refractivity contribution in [1.82, 2.24) is 10.2 Å². The number of amides is 1. The number of nitrogens with zero attached hydrogens (tertiary/aromatic N) is 1. The van der Waals surface area contributed by atoms with Crippen LogP contribution in [0.3, 0.4) is 0 Å². The largest absolute Gasteiger partial charge is 0.340 e. The van der Waals surface area contributed by atoms with Crippen molar-refractivity contribution in [2.45, 2.75) is 66.7 Å². The Balaban J connectivity index is 0.00000210. The van der Waals surface area contributed by atoms with Crippen molar-refractivity contribution in [1.29, 1.82) is 0 Å². The Hall–Kier alpha value is -0.820. The maximum Gasteiger partial charge on any atom is 0.244 e. The summed E-state index contributed by atoms with van der Waals surface area (Å²) in [5, 5.41) is 4.05. The highest BCUT2D eigenvalue weighted by Crippen LogP contribution is 2.42. The van der Waals surface area contributed by atoms with Crippen molar-refractivity contribution in [3.63, 3.8) is 0 Å². The molecule has 2 aliphatic heterocycles. The fourth-order valence-corrected chi connectivity index (χ4v) is 7.06. The number of hydrogen-bond acceptors (Lipinski definition) is 4. The van der Waals surface area contributed by atoms with Gasteiger partial charge < -0.3 is 10.2 Å². The molecule has 2 atom stereocenters. The number of halogens is 2. The Bertz CT molecular complexity index is 792. The van der Waals surface area contributed by atoms with Crippen LogP contribution in [0.15, 0.2) is 29.2 Å². The molecule has 27 heavy (non-hydrogen) atoms. The van der Waals surface area contributed by atoms with E-state index in [1.54, 1.807) is 12.1 Å². The van der Waals surface area contributed by atoms with E-state index in [0.717, 1.165) is 32.1 Å². The first-order valence-electron chi connectivity index (χ1n) is 9.48. The summed E-state index contributed by atoms with van der Waals surface area (Å²) in [5.74, 6) is -0.195. The number of rotatable bonds is 3. The molecule has 2 bridgehead atoms. The lowest BCUT2D eigenvalue weighted by atomic mass is 10.0. The molecule has 0 radical (unpaired) electrons. The minimum atomic E-state index is -3.76. The summed E-state index contributed by atoms with van der Waals surface area (Å²) < 4.78 is 25.7. The van der Waals surface area contributed by atoms with E-state index in [4.69, 9.17) is 11.6 Å². The second kappa shape index (κ2) is 7.90. The first kappa shape index (κ1) is 20.9. The van der Waals surface area contributed by atoms with Crippen LogP contribution in [0.25, 0.3) is 0 Å². The lowest BCUT2D eigenvalue weighted by Crippen LogP contribution is -2.54. The van der Waals surface area contributed by atoms with E-state index in [1.165, 1.54) is 12.1 Å². The smallest absolute Gasteiger partial charge is 0.244 e. The third-order valence-corrected chi connectivity index (χ3v) is 9.01. The topological polar surface area (TPSA) is 66.5 Å². The van der Waals surface area contributed by atoms with Gasteiger partial charge in [-0.15, -0.1) is 12.4 Å². The summed E-state index contributed by atoms with van der Waals surface area (Å²) in [5.41, 5.74) is 0. The summed E-state index contributed by atoms with van der Waals surface area (Å²) in [6, 6.07) is 6.97. The number of likely N-dealkylation sites (tertiary alicyclic amines) is 1. The Morgan fingerprint density at radius 2 is 1.70 bits per heavy atom. The number of fused-ring (bicyclic) bond motifs is 2. The van der Waals surface area contributed by atoms with Gasteiger partial charge in [-0.3, -0.25) is 4.79 Å². The van der Waals surface area contributed by atoms with Crippen LogP contribution in [0.4, 0.5) is 0 Å². The molecule has 0 aromatic heterocycles. The van der Waals surface area contributed by atoms with Crippen LogP contribution in [0.5, 0.6) is 0 Å². The van der Waals surface area contributed by atoms with E-state index in [2.05, 4.69) is 5.32 Å². The van der Waals surface area contributed by atoms with Crippen LogP contribution >= 0.6 is 24.0 Å². The molecule has 1 amide bonds. The second-order valence-electron chi connectivity index (χ2n) is 7.84. The van der Waals surface area contributed by atoms with Crippen molar-refractivity contribution in [3.05, 3.63) is 29.3 Å². The zero-order valence-corrected chi connectivity index (χ0v) is 17.6. The molecule has 2 heterocycles. The molecule has 1 N–H and O–H groups in total. The fraction of sp³-hybridized carbons (Fsp3) is 0.632. The molecule has 1 saturated carbocycles. The molecular weight excluding hydrogens is 407 g/mol. The van der Waals surface area contributed by atoms with Gasteiger partial charge in [0.25, 0.3) is 0 Å². The predicted molar refractivity (Wildman–Crippen MR) is 108 cm³/mol. The van der Waals surface area contributed by atoms with Gasteiger partial charge in [-0.25, -0.2) is 8.42 Å². The Morgan fingerprint density at radius 3 is 2.37 bits per heavy atom. The van der Waals surface area contributed by atoms with Crippen LogP contribution in [0.2, 0.25) is 5.02 Å². The highest BCUT2D eigenvalue weighted by Gasteiger charge is 2.54. The lowest BCUT2D eigenvalue weighted by molar-refractivity contribution is -0.134. The minimum absolute atomic E-state index is 0. The first-order chi connectivity index (χ1) is 12.4. The molecular formula is C19H26Cl2N2O3S. The predicted octanol–water partition coefficient (Wildman–Crippen LogP) is 3.20. The summed E-state index contributed by atoms with van der Waals surface area (Å²) in [6.07, 6.45) is 5.49. The normalized spacial score (nSPS) is 27.1. The van der Waals surface area contributed by atoms with Gasteiger partial charge in [0.2, 0.25) is 5.91 Å². The van der Waals surface area contributed by atoms with Crippen molar-refractivity contribution >= 4 is 39.8 Å². The number of carbonyl (C=O) groups is 1. The highest BCUT2D eigenvalue weighted by atomic mass is 35.5. The van der Waals surface area contributed by atoms with Crippen molar-refractivity contribution in [3.8, 4) is 0 Å². The van der Waals surface area contributed by atoms with Crippen LogP contribution in [0, 0.1) is 0 Å². The van der Waals surface area contributed by atoms with Gasteiger partial charge in [0, 0.05) is 30.2 Å². The molecule has 0 spiro atoms. The Labute approximate surface area is 172 Å². The van der Waals surface area contributed by atoms with Gasteiger partial charge >= 0.3 is 0 Å². The standard InChI is InChI=1S/C19H25ClN2O3S.ClH/c20-14-3-7-17(8-4-14)26(24,25)19(10-1-2-11-19)18(23)22-12-9-15-5-6-16(13-22)21-15;/h3-4,7-8,15-16,21H,1-2,5-6,9-13H2;1H. The second-order valence-corrected chi connectivity index (χ2v) is 10.5. The summed E-state index contributed by atoms with van der Waals surface area (Å²) in [4.78, 5) is 15.5. The molecule has 1 aromatic rings. The quantitative estimate of drug-likeness (QED) is 0.795. The van der Waals surface area contributed by atoms with E-state index < -0.39 is 14.6 Å². The molecule has 3 fully saturated rings. The monoisotopic (exact) mass is 432 g/mol. The van der Waals surface area contributed by atoms with E-state index in [1.807, 2.05) is 4.90 Å². The average molecular weight is 433 g/mol. The number of benzene rings is 1. The van der Waals surface area contributed by atoms with Crippen LogP contribution in [-0.4, -0.2) is 49.1 Å². The maximum absolute atomic E-state index is 13.5. The molecule has 3 aliphatic rings. The molecule has 150 valence electrons. The molecule has 8 heteroatoms. The molecule has 2 unspecified atom stereocenters. The van der Waals surface area contributed by atoms with Gasteiger partial charge in [0.05, 0.1) is 4.90 Å². The third kappa shape index (κ3) is 3.61. The maximum atomic E-state index is 13.5. The van der Waals surface area contributed by atoms with Gasteiger partial charge in [-0.2, -0.15) is 0 Å². The highest BCUT2D eigenvalue weighted by molar-refractivity contribution is 7.93. The SMILES string of the molecule is Cl.O=C(N1CCC2CCC(C1)N2)C1(S(=O)(=O)c2ccc(Cl)cc2)CCCC1. The Kier molecular flexibility index (Phi) is 6.11. The van der Waals surface area contributed by atoms with Crippen molar-refractivity contribution in [2.75, 3.05) is 13.1 Å². The summed E-state index contributed by atoms with van der Waals surface area (Å²) >= 11 is 5.92. The molecule has 4 rings (SSSR count). The lowest BCUT2D eigenvalue weighted by Gasteiger charge is -2.34. The average Bonchev–Trinajstić information content (AvgIpc) is 3.22. The molecule has 1 aliphatic carbocycles. The van der Waals surface area contributed by atoms with Crippen molar-refractivity contribution < 1.29 is 13.2 Å².